The Hall–Kier alpha value is -1.49. The fourth-order valence-electron chi connectivity index (χ4n) is 1.91. The lowest BCUT2D eigenvalue weighted by Gasteiger charge is -2.23. The molecule has 1 aromatic rings. The van der Waals surface area contributed by atoms with Gasteiger partial charge in [-0.15, -0.1) is 0 Å². The molecule has 0 aromatic carbocycles. The van der Waals surface area contributed by atoms with Crippen molar-refractivity contribution in [3.63, 3.8) is 0 Å². The van der Waals surface area contributed by atoms with Gasteiger partial charge in [0, 0.05) is 18.8 Å². The number of rotatable bonds is 3. The van der Waals surface area contributed by atoms with Gasteiger partial charge in [-0.05, 0) is 25.5 Å². The molecule has 1 aliphatic rings. The van der Waals surface area contributed by atoms with Crippen LogP contribution in [-0.4, -0.2) is 33.1 Å². The minimum absolute atomic E-state index is 0.350. The van der Waals surface area contributed by atoms with Gasteiger partial charge in [-0.3, -0.25) is 4.79 Å². The van der Waals surface area contributed by atoms with Gasteiger partial charge in [-0.1, -0.05) is 0 Å². The molecule has 2 heterocycles. The number of hydrogen-bond acceptors (Lipinski definition) is 4. The SMILES string of the molecule is O=C(O)C1(Cc2ncccn2)CCCN1. The Kier molecular flexibility index (Phi) is 2.64. The first-order chi connectivity index (χ1) is 7.23. The van der Waals surface area contributed by atoms with Crippen LogP contribution in [0.4, 0.5) is 0 Å². The highest BCUT2D eigenvalue weighted by atomic mass is 16.4. The lowest BCUT2D eigenvalue weighted by atomic mass is 9.93. The molecule has 2 N–H and O–H groups in total. The third kappa shape index (κ3) is 1.97. The Morgan fingerprint density at radius 3 is 2.80 bits per heavy atom. The van der Waals surface area contributed by atoms with Crippen LogP contribution in [0.15, 0.2) is 18.5 Å². The molecule has 0 spiro atoms. The maximum Gasteiger partial charge on any atom is 0.324 e. The maximum absolute atomic E-state index is 11.2. The summed E-state index contributed by atoms with van der Waals surface area (Å²) >= 11 is 0. The summed E-state index contributed by atoms with van der Waals surface area (Å²) in [5.41, 5.74) is -0.860. The summed E-state index contributed by atoms with van der Waals surface area (Å²) in [5.74, 6) is -0.234. The number of aliphatic carboxylic acids is 1. The van der Waals surface area contributed by atoms with Crippen molar-refractivity contribution >= 4 is 5.97 Å². The number of nitrogens with one attached hydrogen (secondary N) is 1. The Morgan fingerprint density at radius 2 is 2.27 bits per heavy atom. The van der Waals surface area contributed by atoms with Gasteiger partial charge in [0.2, 0.25) is 0 Å². The first-order valence-electron chi connectivity index (χ1n) is 4.97. The van der Waals surface area contributed by atoms with E-state index in [0.717, 1.165) is 13.0 Å². The van der Waals surface area contributed by atoms with Gasteiger partial charge in [0.15, 0.2) is 0 Å². The van der Waals surface area contributed by atoms with Gasteiger partial charge in [-0.2, -0.15) is 0 Å². The van der Waals surface area contributed by atoms with Gasteiger partial charge < -0.3 is 10.4 Å². The Morgan fingerprint density at radius 1 is 1.53 bits per heavy atom. The molecule has 1 atom stereocenters. The van der Waals surface area contributed by atoms with Crippen molar-refractivity contribution in [3.8, 4) is 0 Å². The van der Waals surface area contributed by atoms with Crippen molar-refractivity contribution in [2.45, 2.75) is 24.8 Å². The van der Waals surface area contributed by atoms with Crippen molar-refractivity contribution in [1.29, 1.82) is 0 Å². The molecule has 1 aliphatic heterocycles. The Bertz CT molecular complexity index is 347. The molecule has 0 aliphatic carbocycles. The lowest BCUT2D eigenvalue weighted by molar-refractivity contribution is -0.144. The molecule has 2 rings (SSSR count). The monoisotopic (exact) mass is 207 g/mol. The molecular weight excluding hydrogens is 194 g/mol. The third-order valence-corrected chi connectivity index (χ3v) is 2.73. The van der Waals surface area contributed by atoms with Crippen LogP contribution < -0.4 is 5.32 Å². The molecule has 15 heavy (non-hydrogen) atoms. The number of aromatic nitrogens is 2. The molecule has 1 aromatic heterocycles. The quantitative estimate of drug-likeness (QED) is 0.742. The zero-order chi connectivity index (χ0) is 10.7. The van der Waals surface area contributed by atoms with Gasteiger partial charge in [0.25, 0.3) is 0 Å². The van der Waals surface area contributed by atoms with E-state index in [1.54, 1.807) is 18.5 Å². The highest BCUT2D eigenvalue weighted by Crippen LogP contribution is 2.22. The Labute approximate surface area is 87.6 Å². The number of hydrogen-bond donors (Lipinski definition) is 2. The highest BCUT2D eigenvalue weighted by Gasteiger charge is 2.41. The number of carboxylic acids is 1. The number of nitrogens with zero attached hydrogens (tertiary/aromatic N) is 2. The molecule has 0 bridgehead atoms. The van der Waals surface area contributed by atoms with Crippen LogP contribution in [0.1, 0.15) is 18.7 Å². The summed E-state index contributed by atoms with van der Waals surface area (Å²) in [6.45, 7) is 0.749. The van der Waals surface area contributed by atoms with Crippen molar-refractivity contribution in [3.05, 3.63) is 24.3 Å². The summed E-state index contributed by atoms with van der Waals surface area (Å²) < 4.78 is 0. The van der Waals surface area contributed by atoms with Crippen molar-refractivity contribution in [2.75, 3.05) is 6.54 Å². The zero-order valence-electron chi connectivity index (χ0n) is 8.31. The van der Waals surface area contributed by atoms with Gasteiger partial charge >= 0.3 is 5.97 Å². The fraction of sp³-hybridized carbons (Fsp3) is 0.500. The molecule has 5 nitrogen and oxygen atoms in total. The second kappa shape index (κ2) is 3.94. The number of carbonyl (C=O) groups is 1. The van der Waals surface area contributed by atoms with Crippen LogP contribution in [0, 0.1) is 0 Å². The van der Waals surface area contributed by atoms with E-state index < -0.39 is 11.5 Å². The van der Waals surface area contributed by atoms with Crippen LogP contribution in [0.3, 0.4) is 0 Å². The lowest BCUT2D eigenvalue weighted by Crippen LogP contribution is -2.49. The summed E-state index contributed by atoms with van der Waals surface area (Å²) in [7, 11) is 0. The third-order valence-electron chi connectivity index (χ3n) is 2.73. The van der Waals surface area contributed by atoms with Crippen LogP contribution in [0.2, 0.25) is 0 Å². The fourth-order valence-corrected chi connectivity index (χ4v) is 1.91. The van der Waals surface area contributed by atoms with E-state index in [2.05, 4.69) is 15.3 Å². The second-order valence-electron chi connectivity index (χ2n) is 3.76. The van der Waals surface area contributed by atoms with Crippen molar-refractivity contribution in [1.82, 2.24) is 15.3 Å². The van der Waals surface area contributed by atoms with Crippen LogP contribution in [0.25, 0.3) is 0 Å². The van der Waals surface area contributed by atoms with E-state index >= 15 is 0 Å². The van der Waals surface area contributed by atoms with E-state index in [1.807, 2.05) is 0 Å². The van der Waals surface area contributed by atoms with Crippen molar-refractivity contribution in [2.24, 2.45) is 0 Å². The molecule has 1 saturated heterocycles. The Balaban J connectivity index is 2.18. The summed E-state index contributed by atoms with van der Waals surface area (Å²) in [6.07, 6.45) is 5.14. The van der Waals surface area contributed by atoms with Gasteiger partial charge in [-0.25, -0.2) is 9.97 Å². The smallest absolute Gasteiger partial charge is 0.324 e. The molecule has 0 amide bonds. The van der Waals surface area contributed by atoms with Crippen molar-refractivity contribution < 1.29 is 9.90 Å². The van der Waals surface area contributed by atoms with E-state index in [1.165, 1.54) is 0 Å². The minimum Gasteiger partial charge on any atom is -0.480 e. The molecule has 1 fully saturated rings. The molecule has 80 valence electrons. The predicted octanol–water partition coefficient (Wildman–Crippen LogP) is 0.226. The molecular formula is C10H13N3O2. The first kappa shape index (κ1) is 10.0. The normalized spacial score (nSPS) is 25.3. The summed E-state index contributed by atoms with van der Waals surface area (Å²) in [4.78, 5) is 19.3. The topological polar surface area (TPSA) is 75.1 Å². The molecule has 0 saturated carbocycles. The summed E-state index contributed by atoms with van der Waals surface area (Å²) in [5, 5.41) is 12.2. The minimum atomic E-state index is -0.860. The molecule has 0 radical (unpaired) electrons. The van der Waals surface area contributed by atoms with Gasteiger partial charge in [0.05, 0.1) is 0 Å². The first-order valence-corrected chi connectivity index (χ1v) is 4.97. The van der Waals surface area contributed by atoms with E-state index in [9.17, 15) is 9.90 Å². The summed E-state index contributed by atoms with van der Waals surface area (Å²) in [6, 6.07) is 1.72. The van der Waals surface area contributed by atoms with Crippen LogP contribution in [0.5, 0.6) is 0 Å². The standard InChI is InChI=1S/C10H13N3O2/c14-9(15)10(3-1-6-13-10)7-8-11-4-2-5-12-8/h2,4-5,13H,1,3,6-7H2,(H,14,15). The highest BCUT2D eigenvalue weighted by molar-refractivity contribution is 5.79. The average molecular weight is 207 g/mol. The van der Waals surface area contributed by atoms with Crippen LogP contribution in [-0.2, 0) is 11.2 Å². The maximum atomic E-state index is 11.2. The van der Waals surface area contributed by atoms with Crippen LogP contribution >= 0.6 is 0 Å². The average Bonchev–Trinajstić information content (AvgIpc) is 2.69. The van der Waals surface area contributed by atoms with E-state index in [0.29, 0.717) is 18.7 Å². The van der Waals surface area contributed by atoms with E-state index in [-0.39, 0.29) is 0 Å². The predicted molar refractivity (Wildman–Crippen MR) is 53.3 cm³/mol. The van der Waals surface area contributed by atoms with Gasteiger partial charge in [0.1, 0.15) is 11.4 Å². The molecule has 5 heteroatoms. The zero-order valence-corrected chi connectivity index (χ0v) is 8.31. The second-order valence-corrected chi connectivity index (χ2v) is 3.76. The number of carboxylic acid groups (broad SMARTS) is 1. The molecule has 1 unspecified atom stereocenters. The largest absolute Gasteiger partial charge is 0.480 e. The van der Waals surface area contributed by atoms with E-state index in [4.69, 9.17) is 0 Å².